The lowest BCUT2D eigenvalue weighted by molar-refractivity contribution is -0.147. The lowest BCUT2D eigenvalue weighted by Crippen LogP contribution is -2.43. The van der Waals surface area contributed by atoms with Crippen LogP contribution in [0.2, 0.25) is 0 Å². The van der Waals surface area contributed by atoms with Crippen molar-refractivity contribution in [1.82, 2.24) is 20.3 Å². The molecule has 2 aliphatic rings. The molecular formula is C27H29FN4O4. The second-order valence-electron chi connectivity index (χ2n) is 9.38. The molecule has 8 nitrogen and oxygen atoms in total. The average Bonchev–Trinajstić information content (AvgIpc) is 3.37. The molecule has 2 N–H and O–H groups in total. The maximum absolute atomic E-state index is 14.0. The summed E-state index contributed by atoms with van der Waals surface area (Å²) in [7, 11) is 2.95. The molecule has 0 radical (unpaired) electrons. The molecule has 0 amide bonds. The number of hydrogen-bond acceptors (Lipinski definition) is 7. The Morgan fingerprint density at radius 1 is 1.06 bits per heavy atom. The third kappa shape index (κ3) is 4.63. The van der Waals surface area contributed by atoms with Crippen molar-refractivity contribution in [2.75, 3.05) is 20.8 Å². The standard InChI is InChI=1S/C27H29FN4O4/c1-35-23-8-7-18(28)12-19(23)24-20-13-21(32-26(20)31-14-30-24)17-9-10-29-22(11-17)25(33)15-3-5-16(6-4-15)27(34)36-2/h7-9,12-16,22,29H,3-6,10-11H2,1-2H3,(H,30,31,32). The van der Waals surface area contributed by atoms with Gasteiger partial charge in [-0.3, -0.25) is 9.59 Å². The number of carbonyl (C=O) groups is 2. The highest BCUT2D eigenvalue weighted by atomic mass is 19.1. The summed E-state index contributed by atoms with van der Waals surface area (Å²) in [4.78, 5) is 37.3. The third-order valence-electron chi connectivity index (χ3n) is 7.33. The number of nitrogens with one attached hydrogen (secondary N) is 2. The molecule has 5 rings (SSSR count). The highest BCUT2D eigenvalue weighted by Crippen LogP contribution is 2.36. The van der Waals surface area contributed by atoms with E-state index in [4.69, 9.17) is 9.47 Å². The zero-order valence-corrected chi connectivity index (χ0v) is 20.3. The van der Waals surface area contributed by atoms with Gasteiger partial charge in [-0.2, -0.15) is 0 Å². The van der Waals surface area contributed by atoms with Crippen LogP contribution in [-0.2, 0) is 14.3 Å². The van der Waals surface area contributed by atoms with Gasteiger partial charge in [0.1, 0.15) is 23.5 Å². The Kier molecular flexibility index (Phi) is 6.82. The van der Waals surface area contributed by atoms with Crippen molar-refractivity contribution < 1.29 is 23.5 Å². The molecular weight excluding hydrogens is 463 g/mol. The number of aromatic amines is 1. The van der Waals surface area contributed by atoms with Crippen LogP contribution in [0.1, 0.15) is 37.8 Å². The Hall–Kier alpha value is -3.59. The van der Waals surface area contributed by atoms with Crippen LogP contribution in [0.4, 0.5) is 4.39 Å². The number of benzene rings is 1. The monoisotopic (exact) mass is 492 g/mol. The first-order chi connectivity index (χ1) is 17.5. The summed E-state index contributed by atoms with van der Waals surface area (Å²) in [5.41, 5.74) is 3.62. The summed E-state index contributed by atoms with van der Waals surface area (Å²) >= 11 is 0. The smallest absolute Gasteiger partial charge is 0.308 e. The number of nitrogens with zero attached hydrogens (tertiary/aromatic N) is 2. The number of methoxy groups -OCH3 is 2. The normalized spacial score (nSPS) is 22.2. The number of esters is 1. The Morgan fingerprint density at radius 3 is 2.58 bits per heavy atom. The molecule has 0 spiro atoms. The predicted molar refractivity (Wildman–Crippen MR) is 133 cm³/mol. The number of fused-ring (bicyclic) bond motifs is 1. The van der Waals surface area contributed by atoms with Gasteiger partial charge in [-0.05, 0) is 61.9 Å². The molecule has 1 atom stereocenters. The van der Waals surface area contributed by atoms with Gasteiger partial charge in [0.05, 0.1) is 31.9 Å². The van der Waals surface area contributed by atoms with E-state index >= 15 is 0 Å². The summed E-state index contributed by atoms with van der Waals surface area (Å²) < 4.78 is 24.3. The number of hydrogen-bond donors (Lipinski definition) is 2. The third-order valence-corrected chi connectivity index (χ3v) is 7.33. The van der Waals surface area contributed by atoms with E-state index in [1.54, 1.807) is 6.07 Å². The SMILES string of the molecule is COC(=O)C1CCC(C(=O)C2CC(c3cc4c(-c5cc(F)ccc5OC)ncnc4[nH]3)=CCN2)CC1. The predicted octanol–water partition coefficient (Wildman–Crippen LogP) is 4.07. The van der Waals surface area contributed by atoms with E-state index in [2.05, 4.69) is 26.3 Å². The Bertz CT molecular complexity index is 1330. The summed E-state index contributed by atoms with van der Waals surface area (Å²) in [5, 5.41) is 4.09. The van der Waals surface area contributed by atoms with Crippen LogP contribution in [0.3, 0.4) is 0 Å². The Balaban J connectivity index is 1.36. The summed E-state index contributed by atoms with van der Waals surface area (Å²) in [6.07, 6.45) is 6.84. The van der Waals surface area contributed by atoms with Gasteiger partial charge in [-0.1, -0.05) is 6.08 Å². The number of Topliss-reactive ketones (excluding diaryl/α,β-unsaturated/α-hetero) is 1. The number of carbonyl (C=O) groups excluding carboxylic acids is 2. The van der Waals surface area contributed by atoms with Crippen LogP contribution in [-0.4, -0.2) is 53.5 Å². The van der Waals surface area contributed by atoms with Crippen molar-refractivity contribution in [3.63, 3.8) is 0 Å². The molecule has 188 valence electrons. The Morgan fingerprint density at radius 2 is 1.83 bits per heavy atom. The quantitative estimate of drug-likeness (QED) is 0.500. The molecule has 1 saturated carbocycles. The largest absolute Gasteiger partial charge is 0.496 e. The van der Waals surface area contributed by atoms with Crippen LogP contribution in [0.15, 0.2) is 36.7 Å². The lowest BCUT2D eigenvalue weighted by Gasteiger charge is -2.30. The number of ether oxygens (including phenoxy) is 2. The van der Waals surface area contributed by atoms with Crippen molar-refractivity contribution >= 4 is 28.4 Å². The molecule has 1 unspecified atom stereocenters. The van der Waals surface area contributed by atoms with E-state index in [0.717, 1.165) is 16.7 Å². The minimum atomic E-state index is -0.378. The summed E-state index contributed by atoms with van der Waals surface area (Å²) in [5.74, 6) is 0.00352. The van der Waals surface area contributed by atoms with Gasteiger partial charge in [-0.25, -0.2) is 14.4 Å². The van der Waals surface area contributed by atoms with E-state index < -0.39 is 0 Å². The van der Waals surface area contributed by atoms with E-state index in [-0.39, 0.29) is 35.4 Å². The van der Waals surface area contributed by atoms with Gasteiger partial charge < -0.3 is 19.8 Å². The molecule has 1 aliphatic heterocycles. The van der Waals surface area contributed by atoms with Crippen LogP contribution < -0.4 is 10.1 Å². The first-order valence-corrected chi connectivity index (χ1v) is 12.2. The molecule has 1 aromatic carbocycles. The first kappa shape index (κ1) is 24.1. The zero-order valence-electron chi connectivity index (χ0n) is 20.3. The Labute approximate surface area is 208 Å². The van der Waals surface area contributed by atoms with Crippen molar-refractivity contribution in [2.45, 2.75) is 38.1 Å². The van der Waals surface area contributed by atoms with Gasteiger partial charge in [0.25, 0.3) is 0 Å². The van der Waals surface area contributed by atoms with Gasteiger partial charge in [0, 0.05) is 29.1 Å². The minimum Gasteiger partial charge on any atom is -0.496 e. The maximum Gasteiger partial charge on any atom is 0.308 e. The average molecular weight is 493 g/mol. The molecule has 1 aliphatic carbocycles. The maximum atomic E-state index is 14.0. The first-order valence-electron chi connectivity index (χ1n) is 12.2. The number of rotatable bonds is 6. The fourth-order valence-electron chi connectivity index (χ4n) is 5.38. The second-order valence-corrected chi connectivity index (χ2v) is 9.38. The van der Waals surface area contributed by atoms with Gasteiger partial charge >= 0.3 is 5.97 Å². The van der Waals surface area contributed by atoms with Crippen molar-refractivity contribution in [2.24, 2.45) is 11.8 Å². The molecule has 0 saturated heterocycles. The van der Waals surface area contributed by atoms with Gasteiger partial charge in [0.15, 0.2) is 5.78 Å². The molecule has 3 heterocycles. The molecule has 0 bridgehead atoms. The highest BCUT2D eigenvalue weighted by molar-refractivity contribution is 5.95. The van der Waals surface area contributed by atoms with Crippen LogP contribution in [0, 0.1) is 17.7 Å². The topological polar surface area (TPSA) is 106 Å². The fraction of sp³-hybridized carbons (Fsp3) is 0.407. The number of H-pyrrole nitrogens is 1. The summed E-state index contributed by atoms with van der Waals surface area (Å²) in [6, 6.07) is 6.00. The minimum absolute atomic E-state index is 0.0524. The van der Waals surface area contributed by atoms with Crippen LogP contribution in [0.5, 0.6) is 5.75 Å². The second kappa shape index (κ2) is 10.2. The van der Waals surface area contributed by atoms with E-state index in [1.807, 2.05) is 6.07 Å². The molecule has 2 aromatic heterocycles. The zero-order chi connectivity index (χ0) is 25.2. The van der Waals surface area contributed by atoms with E-state index in [0.29, 0.717) is 61.3 Å². The van der Waals surface area contributed by atoms with Gasteiger partial charge in [-0.15, -0.1) is 0 Å². The van der Waals surface area contributed by atoms with E-state index in [1.165, 1.54) is 32.7 Å². The van der Waals surface area contributed by atoms with E-state index in [9.17, 15) is 14.0 Å². The summed E-state index contributed by atoms with van der Waals surface area (Å²) in [6.45, 7) is 0.578. The van der Waals surface area contributed by atoms with Gasteiger partial charge in [0.2, 0.25) is 0 Å². The molecule has 9 heteroatoms. The van der Waals surface area contributed by atoms with Crippen molar-refractivity contribution in [3.8, 4) is 17.0 Å². The number of ketones is 1. The lowest BCUT2D eigenvalue weighted by atomic mass is 9.77. The van der Waals surface area contributed by atoms with Crippen molar-refractivity contribution in [3.05, 3.63) is 48.2 Å². The molecule has 3 aromatic rings. The number of halogens is 1. The van der Waals surface area contributed by atoms with Crippen molar-refractivity contribution in [1.29, 1.82) is 0 Å². The number of aromatic nitrogens is 3. The molecule has 36 heavy (non-hydrogen) atoms. The van der Waals surface area contributed by atoms with Crippen LogP contribution >= 0.6 is 0 Å². The fourth-order valence-corrected chi connectivity index (χ4v) is 5.38. The molecule has 1 fully saturated rings. The van der Waals surface area contributed by atoms with Crippen LogP contribution in [0.25, 0.3) is 27.9 Å². The highest BCUT2D eigenvalue weighted by Gasteiger charge is 2.34.